The Morgan fingerprint density at radius 3 is 2.69 bits per heavy atom. The lowest BCUT2D eigenvalue weighted by molar-refractivity contribution is 0.0601. The minimum atomic E-state index is -0.541. The number of aromatic nitrogens is 1. The van der Waals surface area contributed by atoms with Crippen molar-refractivity contribution in [2.75, 3.05) is 7.11 Å². The molecule has 0 atom stereocenters. The van der Waals surface area contributed by atoms with Crippen LogP contribution < -0.4 is 0 Å². The number of halogens is 1. The van der Waals surface area contributed by atoms with Gasteiger partial charge >= 0.3 is 5.97 Å². The van der Waals surface area contributed by atoms with Crippen LogP contribution in [0.25, 0.3) is 11.3 Å². The number of carbonyl (C=O) groups excluding carboxylic acids is 1. The highest BCUT2D eigenvalue weighted by molar-refractivity contribution is 5.95. The summed E-state index contributed by atoms with van der Waals surface area (Å²) >= 11 is 0. The fourth-order valence-corrected chi connectivity index (χ4v) is 1.30. The van der Waals surface area contributed by atoms with Crippen LogP contribution in [0.1, 0.15) is 10.4 Å². The molecule has 0 saturated heterocycles. The predicted molar refractivity (Wildman–Crippen MR) is 53.2 cm³/mol. The molecule has 0 fully saturated rings. The molecule has 0 N–H and O–H groups in total. The van der Waals surface area contributed by atoms with Gasteiger partial charge in [-0.3, -0.25) is 0 Å². The molecule has 4 nitrogen and oxygen atoms in total. The lowest BCUT2D eigenvalue weighted by Gasteiger charge is -1.99. The van der Waals surface area contributed by atoms with Crippen LogP contribution in [0.3, 0.4) is 0 Å². The molecule has 2 rings (SSSR count). The Bertz CT molecular complexity index is 504. The Morgan fingerprint density at radius 2 is 2.06 bits per heavy atom. The van der Waals surface area contributed by atoms with Crippen molar-refractivity contribution in [2.24, 2.45) is 0 Å². The molecule has 0 saturated carbocycles. The Hall–Kier alpha value is -2.17. The number of carbonyl (C=O) groups is 1. The van der Waals surface area contributed by atoms with Gasteiger partial charge in [-0.2, -0.15) is 0 Å². The molecule has 2 aromatic rings. The Kier molecular flexibility index (Phi) is 2.68. The maximum Gasteiger partial charge on any atom is 0.343 e. The molecule has 5 heteroatoms. The van der Waals surface area contributed by atoms with Crippen LogP contribution in [0.15, 0.2) is 35.0 Å². The van der Waals surface area contributed by atoms with Gasteiger partial charge in [0, 0.05) is 5.56 Å². The van der Waals surface area contributed by atoms with E-state index in [0.29, 0.717) is 5.56 Å². The van der Waals surface area contributed by atoms with Crippen LogP contribution in [0.2, 0.25) is 0 Å². The maximum absolute atomic E-state index is 12.7. The maximum atomic E-state index is 12.7. The largest absolute Gasteiger partial charge is 0.465 e. The standard InChI is InChI=1S/C11H8FNO3/c1-15-11(14)9-6-13-16-10(9)7-2-4-8(12)5-3-7/h2-6H,1H3. The molecule has 0 unspecified atom stereocenters. The molecule has 0 amide bonds. The number of rotatable bonds is 2. The molecular formula is C11H8FNO3. The zero-order valence-corrected chi connectivity index (χ0v) is 8.44. The van der Waals surface area contributed by atoms with E-state index in [-0.39, 0.29) is 17.1 Å². The molecule has 0 radical (unpaired) electrons. The highest BCUT2D eigenvalue weighted by Crippen LogP contribution is 2.24. The van der Waals surface area contributed by atoms with Crippen molar-refractivity contribution in [3.05, 3.63) is 41.8 Å². The molecule has 0 bridgehead atoms. The molecule has 0 aliphatic carbocycles. The van der Waals surface area contributed by atoms with E-state index in [0.717, 1.165) is 0 Å². The fourth-order valence-electron chi connectivity index (χ4n) is 1.30. The van der Waals surface area contributed by atoms with Crippen LogP contribution >= 0.6 is 0 Å². The molecule has 1 aromatic carbocycles. The fraction of sp³-hybridized carbons (Fsp3) is 0.0909. The number of benzene rings is 1. The Labute approximate surface area is 90.6 Å². The van der Waals surface area contributed by atoms with E-state index in [1.54, 1.807) is 0 Å². The number of methoxy groups -OCH3 is 1. The minimum absolute atomic E-state index is 0.217. The van der Waals surface area contributed by atoms with E-state index in [2.05, 4.69) is 9.89 Å². The van der Waals surface area contributed by atoms with Gasteiger partial charge in [0.25, 0.3) is 0 Å². The van der Waals surface area contributed by atoms with Crippen molar-refractivity contribution in [3.63, 3.8) is 0 Å². The van der Waals surface area contributed by atoms with Gasteiger partial charge in [-0.1, -0.05) is 5.16 Å². The highest BCUT2D eigenvalue weighted by atomic mass is 19.1. The van der Waals surface area contributed by atoms with E-state index < -0.39 is 5.97 Å². The zero-order valence-electron chi connectivity index (χ0n) is 8.44. The number of nitrogens with zero attached hydrogens (tertiary/aromatic N) is 1. The summed E-state index contributed by atoms with van der Waals surface area (Å²) in [6.07, 6.45) is 1.27. The second kappa shape index (κ2) is 4.14. The lowest BCUT2D eigenvalue weighted by Crippen LogP contribution is -2.00. The minimum Gasteiger partial charge on any atom is -0.465 e. The van der Waals surface area contributed by atoms with Gasteiger partial charge in [0.05, 0.1) is 13.3 Å². The van der Waals surface area contributed by atoms with Crippen molar-refractivity contribution in [1.29, 1.82) is 0 Å². The molecular weight excluding hydrogens is 213 g/mol. The molecule has 0 aliphatic heterocycles. The normalized spacial score (nSPS) is 10.1. The monoisotopic (exact) mass is 221 g/mol. The van der Waals surface area contributed by atoms with E-state index in [4.69, 9.17) is 4.52 Å². The molecule has 82 valence electrons. The van der Waals surface area contributed by atoms with Crippen LogP contribution in [-0.4, -0.2) is 18.2 Å². The second-order valence-electron chi connectivity index (χ2n) is 3.07. The second-order valence-corrected chi connectivity index (χ2v) is 3.07. The van der Waals surface area contributed by atoms with Crippen LogP contribution in [0, 0.1) is 5.82 Å². The lowest BCUT2D eigenvalue weighted by atomic mass is 10.1. The summed E-state index contributed by atoms with van der Waals surface area (Å²) in [5.74, 6) is -0.629. The first-order valence-electron chi connectivity index (χ1n) is 4.51. The van der Waals surface area contributed by atoms with Gasteiger partial charge in [0.15, 0.2) is 5.76 Å². The average Bonchev–Trinajstić information content (AvgIpc) is 2.78. The van der Waals surface area contributed by atoms with Gasteiger partial charge < -0.3 is 9.26 Å². The van der Waals surface area contributed by atoms with Crippen molar-refractivity contribution in [3.8, 4) is 11.3 Å². The van der Waals surface area contributed by atoms with E-state index in [1.165, 1.54) is 37.6 Å². The average molecular weight is 221 g/mol. The third-order valence-electron chi connectivity index (χ3n) is 2.08. The quantitative estimate of drug-likeness (QED) is 0.730. The third-order valence-corrected chi connectivity index (χ3v) is 2.08. The van der Waals surface area contributed by atoms with Crippen LogP contribution in [-0.2, 0) is 4.74 Å². The first kappa shape index (κ1) is 10.4. The summed E-state index contributed by atoms with van der Waals surface area (Å²) in [5, 5.41) is 3.52. The highest BCUT2D eigenvalue weighted by Gasteiger charge is 2.17. The SMILES string of the molecule is COC(=O)c1cnoc1-c1ccc(F)cc1. The summed E-state index contributed by atoms with van der Waals surface area (Å²) in [6.45, 7) is 0. The van der Waals surface area contributed by atoms with Crippen LogP contribution in [0.4, 0.5) is 4.39 Å². The molecule has 1 aromatic heterocycles. The number of hydrogen-bond donors (Lipinski definition) is 0. The summed E-state index contributed by atoms with van der Waals surface area (Å²) in [7, 11) is 1.27. The Morgan fingerprint density at radius 1 is 1.38 bits per heavy atom. The third kappa shape index (κ3) is 1.79. The first-order valence-corrected chi connectivity index (χ1v) is 4.51. The van der Waals surface area contributed by atoms with Gasteiger partial charge in [0.2, 0.25) is 0 Å². The number of hydrogen-bond acceptors (Lipinski definition) is 4. The first-order chi connectivity index (χ1) is 7.72. The Balaban J connectivity index is 2.44. The van der Waals surface area contributed by atoms with E-state index in [9.17, 15) is 9.18 Å². The van der Waals surface area contributed by atoms with Crippen LogP contribution in [0.5, 0.6) is 0 Å². The van der Waals surface area contributed by atoms with E-state index >= 15 is 0 Å². The van der Waals surface area contributed by atoms with Crippen molar-refractivity contribution < 1.29 is 18.4 Å². The van der Waals surface area contributed by atoms with Gasteiger partial charge in [-0.15, -0.1) is 0 Å². The topological polar surface area (TPSA) is 52.3 Å². The van der Waals surface area contributed by atoms with Crippen molar-refractivity contribution in [2.45, 2.75) is 0 Å². The molecule has 16 heavy (non-hydrogen) atoms. The van der Waals surface area contributed by atoms with E-state index in [1.807, 2.05) is 0 Å². The molecule has 1 heterocycles. The van der Waals surface area contributed by atoms with Gasteiger partial charge in [-0.05, 0) is 24.3 Å². The summed E-state index contributed by atoms with van der Waals surface area (Å²) in [4.78, 5) is 11.3. The molecule has 0 aliphatic rings. The summed E-state index contributed by atoms with van der Waals surface area (Å²) < 4.78 is 22.2. The van der Waals surface area contributed by atoms with Crippen molar-refractivity contribution in [1.82, 2.24) is 5.16 Å². The molecule has 0 spiro atoms. The number of esters is 1. The number of ether oxygens (including phenoxy) is 1. The zero-order chi connectivity index (χ0) is 11.5. The predicted octanol–water partition coefficient (Wildman–Crippen LogP) is 2.27. The summed E-state index contributed by atoms with van der Waals surface area (Å²) in [5.41, 5.74) is 0.786. The van der Waals surface area contributed by atoms with Crippen molar-refractivity contribution >= 4 is 5.97 Å². The summed E-state index contributed by atoms with van der Waals surface area (Å²) in [6, 6.07) is 5.56. The van der Waals surface area contributed by atoms with Gasteiger partial charge in [-0.25, -0.2) is 9.18 Å². The smallest absolute Gasteiger partial charge is 0.343 e. The van der Waals surface area contributed by atoms with Gasteiger partial charge in [0.1, 0.15) is 11.4 Å².